The molecule has 55 heavy (non-hydrogen) atoms. The van der Waals surface area contributed by atoms with E-state index in [1.807, 2.05) is 61.5 Å². The molecule has 0 saturated carbocycles. The molecule has 5 aromatic heterocycles. The monoisotopic (exact) mass is 709 g/mol. The molecule has 7 nitrogen and oxygen atoms in total. The van der Waals surface area contributed by atoms with E-state index in [1.54, 1.807) is 24.8 Å². The smallest absolute Gasteiger partial charge is 0.163 e. The van der Waals surface area contributed by atoms with Gasteiger partial charge < -0.3 is 4.57 Å². The van der Waals surface area contributed by atoms with Gasteiger partial charge in [-0.25, -0.2) is 19.9 Å². The first-order valence-corrected chi connectivity index (χ1v) is 18.3. The number of aromatic nitrogens is 7. The van der Waals surface area contributed by atoms with E-state index in [2.05, 4.69) is 118 Å². The zero-order valence-corrected chi connectivity index (χ0v) is 30.2. The molecule has 0 amide bonds. The van der Waals surface area contributed by atoms with Gasteiger partial charge in [-0.15, -0.1) is 0 Å². The number of hydrogen-bond donors (Lipinski definition) is 0. The topological polar surface area (TPSA) is 82.3 Å². The maximum Gasteiger partial charge on any atom is 0.163 e. The van der Waals surface area contributed by atoms with E-state index < -0.39 is 0 Å². The van der Waals surface area contributed by atoms with Gasteiger partial charge in [-0.05, 0) is 84.8 Å². The summed E-state index contributed by atoms with van der Waals surface area (Å²) in [6.07, 6.45) is 15.7. The molecule has 4 aromatic carbocycles. The Bertz CT molecular complexity index is 2770. The molecule has 0 aliphatic heterocycles. The van der Waals surface area contributed by atoms with Gasteiger partial charge in [0.2, 0.25) is 0 Å². The molecule has 7 heteroatoms. The molecule has 9 rings (SSSR count). The van der Waals surface area contributed by atoms with Crippen LogP contribution in [-0.2, 0) is 6.42 Å². The van der Waals surface area contributed by atoms with Crippen LogP contribution in [0.3, 0.4) is 0 Å². The van der Waals surface area contributed by atoms with Crippen molar-refractivity contribution >= 4 is 21.8 Å². The summed E-state index contributed by atoms with van der Waals surface area (Å²) in [6.45, 7) is 2.00. The summed E-state index contributed by atoms with van der Waals surface area (Å²) in [6, 6.07) is 46.3. The summed E-state index contributed by atoms with van der Waals surface area (Å²) in [4.78, 5) is 28.5. The molecule has 9 aromatic rings. The summed E-state index contributed by atoms with van der Waals surface area (Å²) < 4.78 is 2.34. The number of fused-ring (bicyclic) bond motifs is 3. The van der Waals surface area contributed by atoms with E-state index in [4.69, 9.17) is 19.9 Å². The fourth-order valence-electron chi connectivity index (χ4n) is 6.95. The molecule has 0 aliphatic carbocycles. The number of para-hydroxylation sites is 2. The first-order chi connectivity index (χ1) is 27.2. The fourth-order valence-corrected chi connectivity index (χ4v) is 6.95. The number of rotatable bonds is 9. The van der Waals surface area contributed by atoms with E-state index in [9.17, 15) is 0 Å². The molecule has 0 bridgehead atoms. The van der Waals surface area contributed by atoms with Crippen LogP contribution in [-0.4, -0.2) is 34.5 Å². The number of benzene rings is 4. The van der Waals surface area contributed by atoms with E-state index in [-0.39, 0.29) is 0 Å². The summed E-state index contributed by atoms with van der Waals surface area (Å²) >= 11 is 0. The van der Waals surface area contributed by atoms with Crippen molar-refractivity contribution < 1.29 is 0 Å². The second-order valence-electron chi connectivity index (χ2n) is 13.2. The van der Waals surface area contributed by atoms with Crippen LogP contribution in [0.1, 0.15) is 12.7 Å². The number of hydrogen-bond acceptors (Lipinski definition) is 6. The molecule has 262 valence electrons. The van der Waals surface area contributed by atoms with Crippen LogP contribution in [0.15, 0.2) is 183 Å². The maximum absolute atomic E-state index is 5.08. The van der Waals surface area contributed by atoms with Crippen molar-refractivity contribution in [1.82, 2.24) is 34.5 Å². The first kappa shape index (κ1) is 33.5. The molecule has 0 radical (unpaired) electrons. The quantitative estimate of drug-likeness (QED) is 0.139. The van der Waals surface area contributed by atoms with E-state index in [0.29, 0.717) is 23.9 Å². The Kier molecular flexibility index (Phi) is 9.08. The van der Waals surface area contributed by atoms with Gasteiger partial charge in [0.15, 0.2) is 11.6 Å². The number of allylic oxidation sites excluding steroid dienone is 4. The second kappa shape index (κ2) is 14.9. The van der Waals surface area contributed by atoms with Gasteiger partial charge in [0.25, 0.3) is 0 Å². The minimum atomic E-state index is 0.557. The van der Waals surface area contributed by atoms with Crippen LogP contribution in [0.5, 0.6) is 0 Å². The lowest BCUT2D eigenvalue weighted by molar-refractivity contribution is 0.947. The van der Waals surface area contributed by atoms with Crippen molar-refractivity contribution in [3.05, 3.63) is 188 Å². The normalized spacial score (nSPS) is 11.7. The van der Waals surface area contributed by atoms with Crippen LogP contribution in [0.4, 0.5) is 0 Å². The third kappa shape index (κ3) is 6.82. The second-order valence-corrected chi connectivity index (χ2v) is 13.2. The first-order valence-electron chi connectivity index (χ1n) is 18.3. The molecular weight excluding hydrogens is 675 g/mol. The molecule has 0 unspecified atom stereocenters. The summed E-state index contributed by atoms with van der Waals surface area (Å²) in [7, 11) is 0. The van der Waals surface area contributed by atoms with Gasteiger partial charge in [0.1, 0.15) is 5.82 Å². The van der Waals surface area contributed by atoms with Gasteiger partial charge in [-0.2, -0.15) is 0 Å². The lowest BCUT2D eigenvalue weighted by Crippen LogP contribution is -2.03. The van der Waals surface area contributed by atoms with Crippen molar-refractivity contribution in [3.8, 4) is 62.1 Å². The molecule has 0 fully saturated rings. The Balaban J connectivity index is 1.12. The van der Waals surface area contributed by atoms with E-state index in [0.717, 1.165) is 50.5 Å². The van der Waals surface area contributed by atoms with Crippen molar-refractivity contribution in [2.75, 3.05) is 0 Å². The standard InChI is InChI=1S/C48H35N7/c1-2-3-4-8-15-46-52-47(54-48(53-46)38-31-42(34-22-26-49-27-23-34)51-43(32-38)35-24-28-50-29-25-35)36-18-16-33(17-19-36)37-20-21-45-41(30-37)40-13-9-10-14-44(40)55(45)39-11-6-5-7-12-39/h2-14,16-32H,15H2,1H3/b3-2-,8-4-. The zero-order chi connectivity index (χ0) is 37.0. The Morgan fingerprint density at radius 2 is 1.07 bits per heavy atom. The average molecular weight is 710 g/mol. The molecule has 0 atom stereocenters. The molecule has 5 heterocycles. The van der Waals surface area contributed by atoms with Crippen LogP contribution >= 0.6 is 0 Å². The number of pyridine rings is 3. The Hall–Kier alpha value is -7.38. The van der Waals surface area contributed by atoms with Crippen molar-refractivity contribution in [2.45, 2.75) is 13.3 Å². The minimum absolute atomic E-state index is 0.557. The highest BCUT2D eigenvalue weighted by molar-refractivity contribution is 6.10. The van der Waals surface area contributed by atoms with E-state index in [1.165, 1.54) is 21.8 Å². The third-order valence-corrected chi connectivity index (χ3v) is 9.62. The third-order valence-electron chi connectivity index (χ3n) is 9.62. The van der Waals surface area contributed by atoms with Crippen LogP contribution in [0, 0.1) is 0 Å². The molecular formula is C48H35N7. The number of nitrogens with zero attached hydrogens (tertiary/aromatic N) is 7. The molecule has 0 aliphatic rings. The molecule has 0 spiro atoms. The average Bonchev–Trinajstić information content (AvgIpc) is 3.59. The van der Waals surface area contributed by atoms with Gasteiger partial charge in [0.05, 0.1) is 22.4 Å². The van der Waals surface area contributed by atoms with Gasteiger partial charge >= 0.3 is 0 Å². The van der Waals surface area contributed by atoms with Crippen LogP contribution in [0.2, 0.25) is 0 Å². The van der Waals surface area contributed by atoms with Gasteiger partial charge in [-0.3, -0.25) is 9.97 Å². The predicted octanol–water partition coefficient (Wildman–Crippen LogP) is 11.2. The molecule has 0 N–H and O–H groups in total. The Morgan fingerprint density at radius 3 is 1.76 bits per heavy atom. The fraction of sp³-hybridized carbons (Fsp3) is 0.0417. The predicted molar refractivity (Wildman–Crippen MR) is 222 cm³/mol. The van der Waals surface area contributed by atoms with Gasteiger partial charge in [-0.1, -0.05) is 91.0 Å². The maximum atomic E-state index is 5.08. The zero-order valence-electron chi connectivity index (χ0n) is 30.2. The Morgan fingerprint density at radius 1 is 0.473 bits per heavy atom. The highest BCUT2D eigenvalue weighted by Gasteiger charge is 2.16. The lowest BCUT2D eigenvalue weighted by atomic mass is 10.0. The van der Waals surface area contributed by atoms with Crippen molar-refractivity contribution in [3.63, 3.8) is 0 Å². The van der Waals surface area contributed by atoms with Crippen molar-refractivity contribution in [1.29, 1.82) is 0 Å². The summed E-state index contributed by atoms with van der Waals surface area (Å²) in [5, 5.41) is 2.44. The highest BCUT2D eigenvalue weighted by atomic mass is 15.0. The van der Waals surface area contributed by atoms with Gasteiger partial charge in [0, 0.05) is 69.9 Å². The lowest BCUT2D eigenvalue weighted by Gasteiger charge is -2.11. The Labute approximate surface area is 319 Å². The molecule has 0 saturated heterocycles. The highest BCUT2D eigenvalue weighted by Crippen LogP contribution is 2.36. The summed E-state index contributed by atoms with van der Waals surface area (Å²) in [5.74, 6) is 1.87. The van der Waals surface area contributed by atoms with Crippen molar-refractivity contribution in [2.24, 2.45) is 0 Å². The minimum Gasteiger partial charge on any atom is -0.309 e. The SMILES string of the molecule is C/C=C\C=C/Cc1nc(-c2ccc(-c3ccc4c(c3)c3ccccc3n4-c3ccccc3)cc2)nc(-c2cc(-c3ccncc3)nc(-c3ccncc3)c2)n1. The summed E-state index contributed by atoms with van der Waals surface area (Å²) in [5.41, 5.74) is 11.0. The van der Waals surface area contributed by atoms with Crippen LogP contribution in [0.25, 0.3) is 83.9 Å². The largest absolute Gasteiger partial charge is 0.309 e. The van der Waals surface area contributed by atoms with E-state index >= 15 is 0 Å². The van der Waals surface area contributed by atoms with Crippen LogP contribution < -0.4 is 0 Å².